The van der Waals surface area contributed by atoms with Crippen LogP contribution in [-0.4, -0.2) is 24.6 Å². The van der Waals surface area contributed by atoms with Gasteiger partial charge in [-0.2, -0.15) is 0 Å². The Morgan fingerprint density at radius 1 is 1.18 bits per heavy atom. The van der Waals surface area contributed by atoms with Gasteiger partial charge in [-0.05, 0) is 56.6 Å². The minimum Gasteiger partial charge on any atom is -0.490 e. The Hall–Kier alpha value is -1.55. The molecule has 0 aromatic heterocycles. The molecular formula is C18H26N2O2. The number of ether oxygens (including phenoxy) is 1. The molecule has 0 radical (unpaired) electrons. The molecule has 22 heavy (non-hydrogen) atoms. The van der Waals surface area contributed by atoms with E-state index in [2.05, 4.69) is 5.32 Å². The summed E-state index contributed by atoms with van der Waals surface area (Å²) < 4.78 is 6.08. The van der Waals surface area contributed by atoms with Crippen molar-refractivity contribution in [2.45, 2.75) is 57.1 Å². The molecule has 120 valence electrons. The molecule has 0 heterocycles. The highest BCUT2D eigenvalue weighted by Gasteiger charge is 2.28. The lowest BCUT2D eigenvalue weighted by Crippen LogP contribution is -2.38. The predicted molar refractivity (Wildman–Crippen MR) is 87.0 cm³/mol. The van der Waals surface area contributed by atoms with E-state index < -0.39 is 0 Å². The van der Waals surface area contributed by atoms with E-state index in [1.165, 1.54) is 32.1 Å². The summed E-state index contributed by atoms with van der Waals surface area (Å²) in [6.07, 6.45) is 8.53. The Balaban J connectivity index is 1.60. The number of nitrogens with two attached hydrogens (primary N) is 1. The molecule has 0 spiro atoms. The van der Waals surface area contributed by atoms with E-state index in [0.29, 0.717) is 23.8 Å². The van der Waals surface area contributed by atoms with E-state index in [-0.39, 0.29) is 18.1 Å². The lowest BCUT2D eigenvalue weighted by Gasteiger charge is -2.24. The quantitative estimate of drug-likeness (QED) is 0.849. The number of hydrogen-bond donors (Lipinski definition) is 2. The van der Waals surface area contributed by atoms with E-state index in [0.717, 1.165) is 12.8 Å². The van der Waals surface area contributed by atoms with Crippen molar-refractivity contribution in [1.82, 2.24) is 5.32 Å². The van der Waals surface area contributed by atoms with Gasteiger partial charge in [0.25, 0.3) is 5.91 Å². The molecule has 4 heteroatoms. The second-order valence-corrected chi connectivity index (χ2v) is 6.59. The van der Waals surface area contributed by atoms with Crippen LogP contribution in [0.25, 0.3) is 0 Å². The average Bonchev–Trinajstić information content (AvgIpc) is 3.39. The Morgan fingerprint density at radius 3 is 2.64 bits per heavy atom. The maximum absolute atomic E-state index is 12.4. The van der Waals surface area contributed by atoms with Gasteiger partial charge in [0.05, 0.1) is 11.7 Å². The molecular weight excluding hydrogens is 276 g/mol. The van der Waals surface area contributed by atoms with Gasteiger partial charge in [-0.3, -0.25) is 4.79 Å². The molecule has 1 aromatic carbocycles. The van der Waals surface area contributed by atoms with Gasteiger partial charge in [0.1, 0.15) is 5.75 Å². The molecule has 3 N–H and O–H groups in total. The van der Waals surface area contributed by atoms with Gasteiger partial charge >= 0.3 is 0 Å². The van der Waals surface area contributed by atoms with Crippen LogP contribution in [0.4, 0.5) is 0 Å². The molecule has 2 fully saturated rings. The average molecular weight is 302 g/mol. The molecule has 0 saturated heterocycles. The van der Waals surface area contributed by atoms with E-state index >= 15 is 0 Å². The van der Waals surface area contributed by atoms with Crippen molar-refractivity contribution in [2.24, 2.45) is 11.7 Å². The standard InChI is InChI=1S/C18H26N2O2/c19-16(13-10-11-13)12-20-18(21)15-8-4-5-9-17(15)22-14-6-2-1-3-7-14/h4-5,8-9,13-14,16H,1-3,6-7,10-12,19H2,(H,20,21). The summed E-state index contributed by atoms with van der Waals surface area (Å²) in [5, 5.41) is 2.95. The van der Waals surface area contributed by atoms with Crippen LogP contribution in [0, 0.1) is 5.92 Å². The zero-order valence-electron chi connectivity index (χ0n) is 13.1. The van der Waals surface area contributed by atoms with E-state index in [9.17, 15) is 4.79 Å². The second kappa shape index (κ2) is 7.14. The van der Waals surface area contributed by atoms with Gasteiger partial charge in [0.2, 0.25) is 0 Å². The van der Waals surface area contributed by atoms with Crippen LogP contribution in [0.15, 0.2) is 24.3 Å². The summed E-state index contributed by atoms with van der Waals surface area (Å²) in [5.74, 6) is 1.21. The van der Waals surface area contributed by atoms with Crippen LogP contribution in [0.1, 0.15) is 55.3 Å². The molecule has 2 saturated carbocycles. The van der Waals surface area contributed by atoms with Gasteiger partial charge < -0.3 is 15.8 Å². The lowest BCUT2D eigenvalue weighted by atomic mass is 9.97. The Morgan fingerprint density at radius 2 is 1.91 bits per heavy atom. The summed E-state index contributed by atoms with van der Waals surface area (Å²) in [7, 11) is 0. The molecule has 2 aliphatic rings. The van der Waals surface area contributed by atoms with Crippen molar-refractivity contribution in [1.29, 1.82) is 0 Å². The minimum atomic E-state index is -0.0810. The predicted octanol–water partition coefficient (Wildman–Crippen LogP) is 2.87. The number of benzene rings is 1. The maximum atomic E-state index is 12.4. The van der Waals surface area contributed by atoms with Gasteiger partial charge in [-0.25, -0.2) is 0 Å². The van der Waals surface area contributed by atoms with Gasteiger partial charge in [-0.1, -0.05) is 18.6 Å². The summed E-state index contributed by atoms with van der Waals surface area (Å²) in [4.78, 5) is 12.4. The smallest absolute Gasteiger partial charge is 0.255 e. The fourth-order valence-electron chi connectivity index (χ4n) is 3.12. The molecule has 1 aromatic rings. The Kier molecular flexibility index (Phi) is 4.98. The molecule has 0 aliphatic heterocycles. The monoisotopic (exact) mass is 302 g/mol. The highest BCUT2D eigenvalue weighted by Crippen LogP contribution is 2.31. The molecule has 0 bridgehead atoms. The van der Waals surface area contributed by atoms with Crippen LogP contribution in [0.2, 0.25) is 0 Å². The highest BCUT2D eigenvalue weighted by molar-refractivity contribution is 5.96. The Bertz CT molecular complexity index is 508. The summed E-state index contributed by atoms with van der Waals surface area (Å²) in [5.41, 5.74) is 6.67. The van der Waals surface area contributed by atoms with Crippen molar-refractivity contribution in [3.05, 3.63) is 29.8 Å². The van der Waals surface area contributed by atoms with Crippen LogP contribution in [-0.2, 0) is 0 Å². The zero-order chi connectivity index (χ0) is 15.4. The third-order valence-electron chi connectivity index (χ3n) is 4.70. The molecule has 4 nitrogen and oxygen atoms in total. The fraction of sp³-hybridized carbons (Fsp3) is 0.611. The second-order valence-electron chi connectivity index (χ2n) is 6.59. The lowest BCUT2D eigenvalue weighted by molar-refractivity contribution is 0.0938. The number of carbonyl (C=O) groups excluding carboxylic acids is 1. The molecule has 1 atom stereocenters. The summed E-state index contributed by atoms with van der Waals surface area (Å²) in [6.45, 7) is 0.543. The van der Waals surface area contributed by atoms with Crippen molar-refractivity contribution < 1.29 is 9.53 Å². The molecule has 1 unspecified atom stereocenters. The van der Waals surface area contributed by atoms with Gasteiger partial charge in [0.15, 0.2) is 0 Å². The van der Waals surface area contributed by atoms with Crippen molar-refractivity contribution in [2.75, 3.05) is 6.54 Å². The zero-order valence-corrected chi connectivity index (χ0v) is 13.1. The van der Waals surface area contributed by atoms with Crippen molar-refractivity contribution in [3.8, 4) is 5.75 Å². The largest absolute Gasteiger partial charge is 0.490 e. The summed E-state index contributed by atoms with van der Waals surface area (Å²) in [6, 6.07) is 7.60. The summed E-state index contributed by atoms with van der Waals surface area (Å²) >= 11 is 0. The van der Waals surface area contributed by atoms with E-state index in [1.807, 2.05) is 24.3 Å². The Labute approximate surface area is 132 Å². The first kappa shape index (κ1) is 15.3. The third kappa shape index (κ3) is 4.01. The van der Waals surface area contributed by atoms with Crippen molar-refractivity contribution >= 4 is 5.91 Å². The number of nitrogens with one attached hydrogen (secondary N) is 1. The molecule has 3 rings (SSSR count). The van der Waals surface area contributed by atoms with E-state index in [4.69, 9.17) is 10.5 Å². The van der Waals surface area contributed by atoms with Crippen molar-refractivity contribution in [3.63, 3.8) is 0 Å². The van der Waals surface area contributed by atoms with Crippen LogP contribution >= 0.6 is 0 Å². The first-order chi connectivity index (χ1) is 10.7. The van der Waals surface area contributed by atoms with Crippen LogP contribution in [0.3, 0.4) is 0 Å². The first-order valence-electron chi connectivity index (χ1n) is 8.53. The number of hydrogen-bond acceptors (Lipinski definition) is 3. The molecule has 1 amide bonds. The normalized spacial score (nSPS) is 20.4. The minimum absolute atomic E-state index is 0.0791. The van der Waals surface area contributed by atoms with Crippen LogP contribution in [0.5, 0.6) is 5.75 Å². The number of carbonyl (C=O) groups is 1. The van der Waals surface area contributed by atoms with Crippen LogP contribution < -0.4 is 15.8 Å². The fourth-order valence-corrected chi connectivity index (χ4v) is 3.12. The number of rotatable bonds is 6. The van der Waals surface area contributed by atoms with Gasteiger partial charge in [-0.15, -0.1) is 0 Å². The number of amides is 1. The topological polar surface area (TPSA) is 64.3 Å². The molecule has 2 aliphatic carbocycles. The first-order valence-corrected chi connectivity index (χ1v) is 8.53. The van der Waals surface area contributed by atoms with Gasteiger partial charge in [0, 0.05) is 12.6 Å². The third-order valence-corrected chi connectivity index (χ3v) is 4.70. The maximum Gasteiger partial charge on any atom is 0.255 e. The highest BCUT2D eigenvalue weighted by atomic mass is 16.5. The number of para-hydroxylation sites is 1. The SMILES string of the molecule is NC(CNC(=O)c1ccccc1OC1CCCCC1)C1CC1. The van der Waals surface area contributed by atoms with E-state index in [1.54, 1.807) is 0 Å².